The van der Waals surface area contributed by atoms with Crippen molar-refractivity contribution in [2.45, 2.75) is 11.3 Å². The maximum absolute atomic E-state index is 11.7. The normalized spacial score (nSPS) is 11.1. The van der Waals surface area contributed by atoms with E-state index in [2.05, 4.69) is 15.0 Å². The summed E-state index contributed by atoms with van der Waals surface area (Å²) in [5.74, 6) is 1.01. The van der Waals surface area contributed by atoms with Crippen molar-refractivity contribution in [1.29, 1.82) is 0 Å². The fourth-order valence-electron chi connectivity index (χ4n) is 2.04. The largest absolute Gasteiger partial charge is 0.369 e. The van der Waals surface area contributed by atoms with Crippen LogP contribution in [0.3, 0.4) is 0 Å². The van der Waals surface area contributed by atoms with Crippen LogP contribution in [-0.4, -0.2) is 20.7 Å². The summed E-state index contributed by atoms with van der Waals surface area (Å²) in [7, 11) is 0. The molecule has 1 aromatic carbocycles. The van der Waals surface area contributed by atoms with E-state index in [4.69, 9.17) is 17.3 Å². The quantitative estimate of drug-likeness (QED) is 0.645. The molecule has 3 rings (SSSR count). The summed E-state index contributed by atoms with van der Waals surface area (Å²) < 4.78 is 0. The van der Waals surface area contributed by atoms with E-state index < -0.39 is 0 Å². The molecular weight excluding hydrogens is 308 g/mol. The van der Waals surface area contributed by atoms with Crippen LogP contribution in [0.1, 0.15) is 5.69 Å². The van der Waals surface area contributed by atoms with Gasteiger partial charge in [0.05, 0.1) is 5.39 Å². The number of aromatic amines is 2. The number of H-pyrrole nitrogens is 2. The van der Waals surface area contributed by atoms with Crippen molar-refractivity contribution in [2.24, 2.45) is 0 Å². The van der Waals surface area contributed by atoms with Crippen LogP contribution in [0.4, 0.5) is 5.95 Å². The van der Waals surface area contributed by atoms with Gasteiger partial charge < -0.3 is 10.7 Å². The summed E-state index contributed by atoms with van der Waals surface area (Å²) in [6, 6.07) is 9.55. The summed E-state index contributed by atoms with van der Waals surface area (Å²) in [4.78, 5) is 22.6. The fraction of sp³-hybridized carbons (Fsp3) is 0.143. The van der Waals surface area contributed by atoms with Crippen LogP contribution in [0.25, 0.3) is 11.0 Å². The molecule has 21 heavy (non-hydrogen) atoms. The van der Waals surface area contributed by atoms with Gasteiger partial charge in [0.15, 0.2) is 0 Å². The number of aromatic nitrogens is 3. The number of nitrogens with one attached hydrogen (secondary N) is 2. The van der Waals surface area contributed by atoms with Gasteiger partial charge in [-0.3, -0.25) is 9.78 Å². The molecular formula is C14H13ClN4OS. The average molecular weight is 321 g/mol. The summed E-state index contributed by atoms with van der Waals surface area (Å²) in [5.41, 5.74) is 6.80. The molecule has 0 radical (unpaired) electrons. The van der Waals surface area contributed by atoms with Gasteiger partial charge >= 0.3 is 0 Å². The zero-order valence-corrected chi connectivity index (χ0v) is 12.6. The minimum atomic E-state index is -0.217. The molecule has 2 heterocycles. The standard InChI is InChI=1S/C14H13ClN4OS/c15-8-1-3-10(4-2-8)21-6-5-9-7-11-12(17-9)18-14(16)19-13(11)20/h1-4,7H,5-6H2,(H4,16,17,18,19,20). The molecule has 0 spiro atoms. The number of rotatable bonds is 4. The van der Waals surface area contributed by atoms with Gasteiger partial charge in [0.1, 0.15) is 5.65 Å². The molecule has 0 saturated carbocycles. The number of hydrogen-bond acceptors (Lipinski definition) is 4. The van der Waals surface area contributed by atoms with Gasteiger partial charge in [0.2, 0.25) is 5.95 Å². The first-order valence-corrected chi connectivity index (χ1v) is 7.74. The molecule has 0 aliphatic heterocycles. The third kappa shape index (κ3) is 3.22. The van der Waals surface area contributed by atoms with Crippen LogP contribution < -0.4 is 11.3 Å². The van der Waals surface area contributed by atoms with Gasteiger partial charge in [-0.15, -0.1) is 11.8 Å². The Morgan fingerprint density at radius 2 is 2.00 bits per heavy atom. The monoisotopic (exact) mass is 320 g/mol. The minimum Gasteiger partial charge on any atom is -0.369 e. The van der Waals surface area contributed by atoms with E-state index in [-0.39, 0.29) is 11.5 Å². The maximum Gasteiger partial charge on any atom is 0.261 e. The lowest BCUT2D eigenvalue weighted by Crippen LogP contribution is -2.09. The highest BCUT2D eigenvalue weighted by molar-refractivity contribution is 7.99. The third-order valence-electron chi connectivity index (χ3n) is 3.02. The Balaban J connectivity index is 1.69. The molecule has 0 saturated heterocycles. The first-order valence-electron chi connectivity index (χ1n) is 6.37. The predicted octanol–water partition coefficient (Wildman–Crippen LogP) is 2.82. The average Bonchev–Trinajstić information content (AvgIpc) is 2.84. The molecule has 108 valence electrons. The number of benzene rings is 1. The van der Waals surface area contributed by atoms with Gasteiger partial charge in [-0.2, -0.15) is 4.98 Å². The topological polar surface area (TPSA) is 87.6 Å². The highest BCUT2D eigenvalue weighted by Crippen LogP contribution is 2.21. The van der Waals surface area contributed by atoms with Crippen molar-refractivity contribution in [3.05, 3.63) is 51.4 Å². The van der Waals surface area contributed by atoms with E-state index in [9.17, 15) is 4.79 Å². The van der Waals surface area contributed by atoms with Gasteiger partial charge in [-0.1, -0.05) is 11.6 Å². The maximum atomic E-state index is 11.7. The number of anilines is 1. The first kappa shape index (κ1) is 14.0. The smallest absolute Gasteiger partial charge is 0.261 e. The second-order valence-electron chi connectivity index (χ2n) is 4.56. The van der Waals surface area contributed by atoms with Crippen LogP contribution in [-0.2, 0) is 6.42 Å². The summed E-state index contributed by atoms with van der Waals surface area (Å²) in [6.45, 7) is 0. The number of hydrogen-bond donors (Lipinski definition) is 3. The third-order valence-corrected chi connectivity index (χ3v) is 4.29. The Hall–Kier alpha value is -1.92. The molecule has 2 aromatic heterocycles. The highest BCUT2D eigenvalue weighted by atomic mass is 35.5. The van der Waals surface area contributed by atoms with Gasteiger partial charge in [0, 0.05) is 21.4 Å². The highest BCUT2D eigenvalue weighted by Gasteiger charge is 2.07. The second-order valence-corrected chi connectivity index (χ2v) is 6.17. The van der Waals surface area contributed by atoms with Crippen molar-refractivity contribution in [1.82, 2.24) is 15.0 Å². The van der Waals surface area contributed by atoms with E-state index in [0.29, 0.717) is 11.0 Å². The van der Waals surface area contributed by atoms with Crippen LogP contribution in [0.15, 0.2) is 40.0 Å². The van der Waals surface area contributed by atoms with Crippen LogP contribution in [0, 0.1) is 0 Å². The lowest BCUT2D eigenvalue weighted by molar-refractivity contribution is 1.08. The SMILES string of the molecule is Nc1nc2[nH]c(CCSc3ccc(Cl)cc3)cc2c(=O)[nH]1. The number of nitrogen functional groups attached to an aromatic ring is 1. The Kier molecular flexibility index (Phi) is 3.90. The van der Waals surface area contributed by atoms with Gasteiger partial charge in [0.25, 0.3) is 5.56 Å². The summed E-state index contributed by atoms with van der Waals surface area (Å²) in [6.07, 6.45) is 0.809. The molecule has 5 nitrogen and oxygen atoms in total. The van der Waals surface area contributed by atoms with Crippen molar-refractivity contribution < 1.29 is 0 Å². The molecule has 0 unspecified atom stereocenters. The Morgan fingerprint density at radius 1 is 1.24 bits per heavy atom. The predicted molar refractivity (Wildman–Crippen MR) is 87.0 cm³/mol. The number of nitrogens with two attached hydrogens (primary N) is 1. The fourth-order valence-corrected chi connectivity index (χ4v) is 3.05. The molecule has 0 fully saturated rings. The van der Waals surface area contributed by atoms with Gasteiger partial charge in [-0.05, 0) is 36.8 Å². The van der Waals surface area contributed by atoms with Crippen LogP contribution >= 0.6 is 23.4 Å². The molecule has 3 aromatic rings. The number of halogens is 1. The minimum absolute atomic E-state index is 0.122. The molecule has 0 aliphatic carbocycles. The van der Waals surface area contributed by atoms with Crippen LogP contribution in [0.5, 0.6) is 0 Å². The van der Waals surface area contributed by atoms with E-state index in [1.165, 1.54) is 0 Å². The zero-order chi connectivity index (χ0) is 14.8. The molecule has 0 bridgehead atoms. The Labute approximate surface area is 129 Å². The van der Waals surface area contributed by atoms with E-state index in [0.717, 1.165) is 27.8 Å². The van der Waals surface area contributed by atoms with Crippen molar-refractivity contribution in [3.8, 4) is 0 Å². The van der Waals surface area contributed by atoms with Crippen molar-refractivity contribution >= 4 is 40.3 Å². The molecule has 7 heteroatoms. The number of aryl methyl sites for hydroxylation is 1. The first-order chi connectivity index (χ1) is 10.1. The Bertz CT molecular complexity index is 825. The number of nitrogens with zero attached hydrogens (tertiary/aromatic N) is 1. The van der Waals surface area contributed by atoms with Crippen LogP contribution in [0.2, 0.25) is 5.02 Å². The van der Waals surface area contributed by atoms with E-state index >= 15 is 0 Å². The summed E-state index contributed by atoms with van der Waals surface area (Å²) >= 11 is 7.58. The van der Waals surface area contributed by atoms with Gasteiger partial charge in [-0.25, -0.2) is 0 Å². The van der Waals surface area contributed by atoms with Crippen molar-refractivity contribution in [3.63, 3.8) is 0 Å². The van der Waals surface area contributed by atoms with Crippen molar-refractivity contribution in [2.75, 3.05) is 11.5 Å². The summed E-state index contributed by atoms with van der Waals surface area (Å²) in [5, 5.41) is 1.27. The lowest BCUT2D eigenvalue weighted by atomic mass is 10.3. The zero-order valence-electron chi connectivity index (χ0n) is 11.0. The lowest BCUT2D eigenvalue weighted by Gasteiger charge is -2.00. The molecule has 0 aliphatic rings. The number of thioether (sulfide) groups is 1. The molecule has 4 N–H and O–H groups in total. The van der Waals surface area contributed by atoms with E-state index in [1.54, 1.807) is 11.8 Å². The molecule has 0 atom stereocenters. The Morgan fingerprint density at radius 3 is 2.76 bits per heavy atom. The second kappa shape index (κ2) is 5.83. The van der Waals surface area contributed by atoms with E-state index in [1.807, 2.05) is 30.3 Å². The number of fused-ring (bicyclic) bond motifs is 1. The molecule has 0 amide bonds.